The van der Waals surface area contributed by atoms with Crippen molar-refractivity contribution in [3.63, 3.8) is 0 Å². The summed E-state index contributed by atoms with van der Waals surface area (Å²) >= 11 is 0. The fourth-order valence-corrected chi connectivity index (χ4v) is 0.355. The second kappa shape index (κ2) is 4.54. The summed E-state index contributed by atoms with van der Waals surface area (Å²) in [6.45, 7) is -2.57. The molecule has 0 aromatic rings. The van der Waals surface area contributed by atoms with Gasteiger partial charge in [0.1, 0.15) is 6.61 Å². The fraction of sp³-hybridized carbons (Fsp3) is 1.00. The van der Waals surface area contributed by atoms with E-state index < -0.39 is 32.0 Å². The summed E-state index contributed by atoms with van der Waals surface area (Å²) in [6, 6.07) is 0. The first-order valence-corrected chi connectivity index (χ1v) is 2.90. The Morgan fingerprint density at radius 2 is 1.50 bits per heavy atom. The van der Waals surface area contributed by atoms with Crippen LogP contribution in [0.15, 0.2) is 0 Å². The zero-order chi connectivity index (χ0) is 9.78. The van der Waals surface area contributed by atoms with Crippen molar-refractivity contribution < 1.29 is 31.1 Å². The van der Waals surface area contributed by atoms with Gasteiger partial charge < -0.3 is 4.74 Å². The molecule has 7 heteroatoms. The van der Waals surface area contributed by atoms with Gasteiger partial charge in [0.25, 0.3) is 6.43 Å². The lowest BCUT2D eigenvalue weighted by Crippen LogP contribution is -2.29. The van der Waals surface area contributed by atoms with Crippen molar-refractivity contribution in [2.75, 3.05) is 13.2 Å². The molecule has 0 aliphatic carbocycles. The molecule has 1 atom stereocenters. The van der Waals surface area contributed by atoms with Crippen molar-refractivity contribution in [2.45, 2.75) is 18.8 Å². The Bertz CT molecular complexity index is 122. The van der Waals surface area contributed by atoms with Gasteiger partial charge >= 0.3 is 6.18 Å². The number of hydrogen-bond donors (Lipinski definition) is 0. The third-order valence-electron chi connectivity index (χ3n) is 0.863. The average Bonchev–Trinajstić information content (AvgIpc) is 1.84. The van der Waals surface area contributed by atoms with Gasteiger partial charge in [0, 0.05) is 0 Å². The second-order valence-corrected chi connectivity index (χ2v) is 1.94. The van der Waals surface area contributed by atoms with Gasteiger partial charge in [-0.1, -0.05) is 0 Å². The lowest BCUT2D eigenvalue weighted by atomic mass is 10.4. The van der Waals surface area contributed by atoms with Crippen LogP contribution in [-0.2, 0) is 4.74 Å². The third kappa shape index (κ3) is 5.22. The molecule has 0 N–H and O–H groups in total. The van der Waals surface area contributed by atoms with Crippen LogP contribution in [0.25, 0.3) is 0 Å². The van der Waals surface area contributed by atoms with E-state index in [2.05, 4.69) is 4.74 Å². The monoisotopic (exact) mass is 196 g/mol. The minimum atomic E-state index is -5.04. The Labute approximate surface area is 64.3 Å². The Morgan fingerprint density at radius 3 is 1.83 bits per heavy atom. The van der Waals surface area contributed by atoms with Gasteiger partial charge in [0.15, 0.2) is 0 Å². The van der Waals surface area contributed by atoms with Gasteiger partial charge in [0.2, 0.25) is 6.17 Å². The number of hydrogen-bond acceptors (Lipinski definition) is 1. The highest BCUT2D eigenvalue weighted by Gasteiger charge is 2.40. The summed E-state index contributed by atoms with van der Waals surface area (Å²) in [5.74, 6) is 0. The van der Waals surface area contributed by atoms with E-state index in [9.17, 15) is 26.3 Å². The van der Waals surface area contributed by atoms with Crippen LogP contribution in [0.5, 0.6) is 0 Å². The van der Waals surface area contributed by atoms with Gasteiger partial charge in [0.05, 0.1) is 6.61 Å². The van der Waals surface area contributed by atoms with Crippen LogP contribution in [0.3, 0.4) is 0 Å². The molecule has 1 unspecified atom stereocenters. The number of alkyl halides is 6. The maximum Gasteiger partial charge on any atom is 0.421 e. The van der Waals surface area contributed by atoms with Crippen LogP contribution < -0.4 is 0 Å². The highest BCUT2D eigenvalue weighted by atomic mass is 19.4. The Balaban J connectivity index is 3.51. The first kappa shape index (κ1) is 11.5. The molecule has 1 nitrogen and oxygen atoms in total. The molecule has 0 heterocycles. The SMILES string of the molecule is FC(F)COCC(F)C(F)(F)F. The molecule has 0 aromatic heterocycles. The summed E-state index contributed by atoms with van der Waals surface area (Å²) in [4.78, 5) is 0. The van der Waals surface area contributed by atoms with Crippen LogP contribution in [0, 0.1) is 0 Å². The van der Waals surface area contributed by atoms with Crippen molar-refractivity contribution in [2.24, 2.45) is 0 Å². The van der Waals surface area contributed by atoms with E-state index in [-0.39, 0.29) is 0 Å². The highest BCUT2D eigenvalue weighted by molar-refractivity contribution is 4.64. The van der Waals surface area contributed by atoms with Crippen molar-refractivity contribution in [3.8, 4) is 0 Å². The largest absolute Gasteiger partial charge is 0.421 e. The lowest BCUT2D eigenvalue weighted by Gasteiger charge is -2.11. The number of ether oxygens (including phenoxy) is 1. The van der Waals surface area contributed by atoms with Crippen molar-refractivity contribution in [1.29, 1.82) is 0 Å². The fourth-order valence-electron chi connectivity index (χ4n) is 0.355. The van der Waals surface area contributed by atoms with E-state index in [0.29, 0.717) is 0 Å². The Morgan fingerprint density at radius 1 is 1.00 bits per heavy atom. The zero-order valence-corrected chi connectivity index (χ0v) is 5.74. The molecule has 0 aromatic carbocycles. The summed E-state index contributed by atoms with van der Waals surface area (Å²) < 4.78 is 72.1. The Kier molecular flexibility index (Phi) is 4.36. The quantitative estimate of drug-likeness (QED) is 0.626. The Hall–Kier alpha value is -0.460. The van der Waals surface area contributed by atoms with Gasteiger partial charge in [-0.15, -0.1) is 0 Å². The highest BCUT2D eigenvalue weighted by Crippen LogP contribution is 2.22. The summed E-state index contributed by atoms with van der Waals surface area (Å²) in [5, 5.41) is 0. The number of rotatable bonds is 4. The standard InChI is InChI=1S/C5H6F6O/c6-3(5(9,10)11)1-12-2-4(7)8/h3-4H,1-2H2. The molecule has 0 aliphatic heterocycles. The van der Waals surface area contributed by atoms with Crippen LogP contribution in [0.4, 0.5) is 26.3 Å². The van der Waals surface area contributed by atoms with Gasteiger partial charge in [-0.25, -0.2) is 13.2 Å². The van der Waals surface area contributed by atoms with Gasteiger partial charge in [-0.2, -0.15) is 13.2 Å². The molecule has 0 saturated heterocycles. The van der Waals surface area contributed by atoms with E-state index in [1.165, 1.54) is 0 Å². The van der Waals surface area contributed by atoms with Crippen molar-refractivity contribution in [1.82, 2.24) is 0 Å². The van der Waals surface area contributed by atoms with Gasteiger partial charge in [-0.05, 0) is 0 Å². The van der Waals surface area contributed by atoms with Gasteiger partial charge in [-0.3, -0.25) is 0 Å². The molecule has 74 valence electrons. The van der Waals surface area contributed by atoms with E-state index in [1.807, 2.05) is 0 Å². The van der Waals surface area contributed by atoms with Crippen LogP contribution in [0.2, 0.25) is 0 Å². The van der Waals surface area contributed by atoms with E-state index >= 15 is 0 Å². The van der Waals surface area contributed by atoms with E-state index in [0.717, 1.165) is 0 Å². The molecule has 0 radical (unpaired) electrons. The molecular formula is C5H6F6O. The average molecular weight is 196 g/mol. The predicted octanol–water partition coefficient (Wildman–Crippen LogP) is 2.17. The maximum atomic E-state index is 11.9. The summed E-state index contributed by atoms with van der Waals surface area (Å²) in [7, 11) is 0. The topological polar surface area (TPSA) is 9.23 Å². The molecule has 0 spiro atoms. The van der Waals surface area contributed by atoms with Crippen LogP contribution >= 0.6 is 0 Å². The molecule has 12 heavy (non-hydrogen) atoms. The van der Waals surface area contributed by atoms with Crippen molar-refractivity contribution >= 4 is 0 Å². The molecule has 0 amide bonds. The smallest absolute Gasteiger partial charge is 0.372 e. The van der Waals surface area contributed by atoms with Crippen LogP contribution in [0.1, 0.15) is 0 Å². The predicted molar refractivity (Wildman–Crippen MR) is 27.8 cm³/mol. The summed E-state index contributed by atoms with van der Waals surface area (Å²) in [6.07, 6.45) is -11.1. The maximum absolute atomic E-state index is 11.9. The molecule has 0 bridgehead atoms. The molecule has 0 fully saturated rings. The normalized spacial score (nSPS) is 15.2. The molecule has 0 aliphatic rings. The molecular weight excluding hydrogens is 190 g/mol. The molecule has 0 rings (SSSR count). The summed E-state index contributed by atoms with van der Waals surface area (Å²) in [5.41, 5.74) is 0. The van der Waals surface area contributed by atoms with Crippen LogP contribution in [-0.4, -0.2) is 32.0 Å². The van der Waals surface area contributed by atoms with E-state index in [1.54, 1.807) is 0 Å². The van der Waals surface area contributed by atoms with E-state index in [4.69, 9.17) is 0 Å². The number of halogens is 6. The first-order valence-electron chi connectivity index (χ1n) is 2.90. The first-order chi connectivity index (χ1) is 5.34. The lowest BCUT2D eigenvalue weighted by molar-refractivity contribution is -0.195. The van der Waals surface area contributed by atoms with Crippen molar-refractivity contribution in [3.05, 3.63) is 0 Å². The second-order valence-electron chi connectivity index (χ2n) is 1.94. The minimum Gasteiger partial charge on any atom is -0.372 e. The minimum absolute atomic E-state index is 1.18. The zero-order valence-electron chi connectivity index (χ0n) is 5.74. The third-order valence-corrected chi connectivity index (χ3v) is 0.863. The molecule has 0 saturated carbocycles.